The van der Waals surface area contributed by atoms with Gasteiger partial charge in [0.2, 0.25) is 11.8 Å². The second kappa shape index (κ2) is 9.12. The molecule has 4 heterocycles. The van der Waals surface area contributed by atoms with E-state index in [0.29, 0.717) is 15.6 Å². The lowest BCUT2D eigenvalue weighted by atomic mass is 9.84. The molecule has 2 aromatic heterocycles. The molecular formula is C23H18BrN3O5S2. The Balaban J connectivity index is 1.63. The molecular weight excluding hydrogens is 542 g/mol. The van der Waals surface area contributed by atoms with Crippen LogP contribution < -0.4 is 9.77 Å². The minimum Gasteiger partial charge on any atom is -0.465 e. The van der Waals surface area contributed by atoms with Gasteiger partial charge < -0.3 is 4.74 Å². The van der Waals surface area contributed by atoms with Gasteiger partial charge in [0.05, 0.1) is 23.2 Å². The van der Waals surface area contributed by atoms with E-state index < -0.39 is 23.1 Å². The van der Waals surface area contributed by atoms with E-state index in [9.17, 15) is 19.2 Å². The number of amides is 2. The number of carbonyl (C=O) groups excluding carboxylic acids is 3. The summed E-state index contributed by atoms with van der Waals surface area (Å²) in [6.45, 7) is 1.65. The average Bonchev–Trinajstić information content (AvgIpc) is 3.27. The molecule has 2 aliphatic heterocycles. The Labute approximate surface area is 211 Å². The summed E-state index contributed by atoms with van der Waals surface area (Å²) >= 11 is 5.54. The summed E-state index contributed by atoms with van der Waals surface area (Å²) in [5, 5.41) is -0.215. The fourth-order valence-corrected chi connectivity index (χ4v) is 7.39. The minimum absolute atomic E-state index is 0.200. The predicted molar refractivity (Wildman–Crippen MR) is 131 cm³/mol. The van der Waals surface area contributed by atoms with Crippen LogP contribution in [0.5, 0.6) is 0 Å². The first-order valence-corrected chi connectivity index (χ1v) is 13.0. The summed E-state index contributed by atoms with van der Waals surface area (Å²) in [4.78, 5) is 58.1. The first-order chi connectivity index (χ1) is 16.4. The van der Waals surface area contributed by atoms with E-state index in [1.807, 2.05) is 6.07 Å². The Kier molecular flexibility index (Phi) is 6.17. The van der Waals surface area contributed by atoms with Crippen LogP contribution in [0, 0.1) is 5.92 Å². The number of hydrogen-bond acceptors (Lipinski definition) is 8. The number of anilines is 1. The van der Waals surface area contributed by atoms with Crippen molar-refractivity contribution in [2.45, 2.75) is 29.7 Å². The molecule has 0 saturated carbocycles. The third kappa shape index (κ3) is 3.81. The molecule has 0 N–H and O–H groups in total. The number of pyridine rings is 1. The Bertz CT molecular complexity index is 1340. The minimum atomic E-state index is -0.740. The number of thiazole rings is 1. The van der Waals surface area contributed by atoms with Crippen LogP contribution in [0.1, 0.15) is 23.3 Å². The van der Waals surface area contributed by atoms with Crippen LogP contribution in [0.15, 0.2) is 63.1 Å². The van der Waals surface area contributed by atoms with Crippen molar-refractivity contribution >= 4 is 62.5 Å². The van der Waals surface area contributed by atoms with Gasteiger partial charge in [0.15, 0.2) is 0 Å². The lowest BCUT2D eigenvalue weighted by molar-refractivity contribution is -0.144. The van der Waals surface area contributed by atoms with Crippen molar-refractivity contribution in [1.82, 2.24) is 9.55 Å². The van der Waals surface area contributed by atoms with Gasteiger partial charge in [-0.25, -0.2) is 4.90 Å². The number of esters is 1. The summed E-state index contributed by atoms with van der Waals surface area (Å²) in [5.74, 6) is -2.43. The number of carbonyl (C=O) groups is 3. The number of halogens is 1. The van der Waals surface area contributed by atoms with Gasteiger partial charge in [0, 0.05) is 27.7 Å². The van der Waals surface area contributed by atoms with Crippen molar-refractivity contribution < 1.29 is 19.1 Å². The maximum atomic E-state index is 13.7. The lowest BCUT2D eigenvalue weighted by Gasteiger charge is -2.30. The molecule has 1 fully saturated rings. The summed E-state index contributed by atoms with van der Waals surface area (Å²) in [6.07, 6.45) is 3.28. The van der Waals surface area contributed by atoms with Crippen LogP contribution >= 0.6 is 39.0 Å². The van der Waals surface area contributed by atoms with Gasteiger partial charge in [-0.05, 0) is 42.8 Å². The van der Waals surface area contributed by atoms with Crippen LogP contribution in [-0.2, 0) is 25.7 Å². The van der Waals surface area contributed by atoms with E-state index in [1.165, 1.54) is 21.2 Å². The average molecular weight is 560 g/mol. The summed E-state index contributed by atoms with van der Waals surface area (Å²) in [6, 6.07) is 10.6. The maximum absolute atomic E-state index is 13.7. The normalized spacial score (nSPS) is 21.4. The molecule has 8 nitrogen and oxygen atoms in total. The molecule has 2 aliphatic rings. The van der Waals surface area contributed by atoms with E-state index in [-0.39, 0.29) is 29.8 Å². The molecule has 5 rings (SSSR count). The number of imide groups is 1. The summed E-state index contributed by atoms with van der Waals surface area (Å²) in [5.41, 5.74) is 1.23. The molecule has 1 aromatic carbocycles. The predicted octanol–water partition coefficient (Wildman–Crippen LogP) is 3.43. The fraction of sp³-hybridized carbons (Fsp3) is 0.261. The molecule has 1 saturated heterocycles. The number of rotatable bonds is 5. The Morgan fingerprint density at radius 2 is 1.91 bits per heavy atom. The molecule has 0 radical (unpaired) electrons. The number of thioether (sulfide) groups is 1. The van der Waals surface area contributed by atoms with Crippen LogP contribution in [0.25, 0.3) is 0 Å². The van der Waals surface area contributed by atoms with Crippen molar-refractivity contribution in [1.29, 1.82) is 0 Å². The zero-order valence-corrected chi connectivity index (χ0v) is 21.1. The highest BCUT2D eigenvalue weighted by Crippen LogP contribution is 2.53. The molecule has 11 heteroatoms. The number of nitrogens with zero attached hydrogens (tertiary/aromatic N) is 3. The summed E-state index contributed by atoms with van der Waals surface area (Å²) < 4.78 is 7.22. The third-order valence-electron chi connectivity index (χ3n) is 5.77. The van der Waals surface area contributed by atoms with Gasteiger partial charge in [-0.1, -0.05) is 45.1 Å². The van der Waals surface area contributed by atoms with Gasteiger partial charge in [-0.3, -0.25) is 28.7 Å². The molecule has 34 heavy (non-hydrogen) atoms. The van der Waals surface area contributed by atoms with Gasteiger partial charge >= 0.3 is 10.8 Å². The number of ether oxygens (including phenoxy) is 1. The third-order valence-corrected chi connectivity index (χ3v) is 8.90. The molecule has 2 amide bonds. The molecule has 3 aromatic rings. The van der Waals surface area contributed by atoms with E-state index in [0.717, 1.165) is 21.4 Å². The number of benzene rings is 1. The van der Waals surface area contributed by atoms with Crippen molar-refractivity contribution in [3.8, 4) is 0 Å². The van der Waals surface area contributed by atoms with Gasteiger partial charge in [-0.15, -0.1) is 0 Å². The number of hydrogen-bond donors (Lipinski definition) is 0. The standard InChI is InChI=1S/C23H18BrN3O5S2/c1-2-32-15(28)11-26-22-19(34-23(26)31)16(12-4-3-9-25-10-12)17-18(33-22)21(30)27(20(17)29)14-7-5-13(24)6-8-14/h3-10,16-18H,2,11H2,1H3. The molecule has 174 valence electrons. The first-order valence-electron chi connectivity index (χ1n) is 10.5. The smallest absolute Gasteiger partial charge is 0.326 e. The number of fused-ring (bicyclic) bond motifs is 2. The quantitative estimate of drug-likeness (QED) is 0.349. The maximum Gasteiger partial charge on any atom is 0.326 e. The Hall–Kier alpha value is -2.76. The summed E-state index contributed by atoms with van der Waals surface area (Å²) in [7, 11) is 0. The molecule has 3 unspecified atom stereocenters. The lowest BCUT2D eigenvalue weighted by Crippen LogP contribution is -2.32. The van der Waals surface area contributed by atoms with Crippen LogP contribution in [0.4, 0.5) is 5.69 Å². The monoisotopic (exact) mass is 559 g/mol. The zero-order valence-electron chi connectivity index (χ0n) is 17.8. The van der Waals surface area contributed by atoms with E-state index in [1.54, 1.807) is 49.6 Å². The number of aromatic nitrogens is 2. The van der Waals surface area contributed by atoms with E-state index >= 15 is 0 Å². The van der Waals surface area contributed by atoms with Crippen molar-refractivity contribution in [2.75, 3.05) is 11.5 Å². The Morgan fingerprint density at radius 3 is 2.59 bits per heavy atom. The topological polar surface area (TPSA) is 98.6 Å². The molecule has 0 bridgehead atoms. The SMILES string of the molecule is CCOC(=O)Cn1c2c(sc1=O)C(c1cccnc1)C1C(=O)N(c3ccc(Br)cc3)C(=O)C1S2. The highest BCUT2D eigenvalue weighted by molar-refractivity contribution is 9.10. The van der Waals surface area contributed by atoms with Crippen LogP contribution in [0.2, 0.25) is 0 Å². The van der Waals surface area contributed by atoms with E-state index in [4.69, 9.17) is 4.74 Å². The molecule has 3 atom stereocenters. The van der Waals surface area contributed by atoms with Crippen molar-refractivity contribution in [3.63, 3.8) is 0 Å². The fourth-order valence-electron chi connectivity index (χ4n) is 4.35. The van der Waals surface area contributed by atoms with Gasteiger partial charge in [-0.2, -0.15) is 0 Å². The van der Waals surface area contributed by atoms with Crippen molar-refractivity contribution in [2.24, 2.45) is 5.92 Å². The van der Waals surface area contributed by atoms with Crippen LogP contribution in [-0.4, -0.2) is 39.2 Å². The molecule has 0 spiro atoms. The largest absolute Gasteiger partial charge is 0.465 e. The van der Waals surface area contributed by atoms with Crippen molar-refractivity contribution in [3.05, 3.63) is 73.4 Å². The van der Waals surface area contributed by atoms with E-state index in [2.05, 4.69) is 20.9 Å². The van der Waals surface area contributed by atoms with Gasteiger partial charge in [0.1, 0.15) is 11.8 Å². The molecule has 0 aliphatic carbocycles. The zero-order chi connectivity index (χ0) is 24.0. The second-order valence-corrected chi connectivity index (χ2v) is 10.8. The van der Waals surface area contributed by atoms with Gasteiger partial charge in [0.25, 0.3) is 0 Å². The second-order valence-electron chi connectivity index (χ2n) is 7.75. The Morgan fingerprint density at radius 1 is 1.15 bits per heavy atom. The van der Waals surface area contributed by atoms with Crippen LogP contribution in [0.3, 0.4) is 0 Å². The highest BCUT2D eigenvalue weighted by Gasteiger charge is 2.56. The highest BCUT2D eigenvalue weighted by atomic mass is 79.9. The first kappa shape index (κ1) is 23.0.